The number of furan rings is 1. The highest BCUT2D eigenvalue weighted by Crippen LogP contribution is 2.30. The summed E-state index contributed by atoms with van der Waals surface area (Å²) in [6, 6.07) is 14.5. The molecule has 2 aromatic carbocycles. The molecule has 138 valence electrons. The van der Waals surface area contributed by atoms with Crippen LogP contribution in [0.25, 0.3) is 22.1 Å². The average molecular weight is 382 g/mol. The lowest BCUT2D eigenvalue weighted by Gasteiger charge is -2.15. The van der Waals surface area contributed by atoms with Crippen molar-refractivity contribution in [2.75, 3.05) is 19.4 Å². The van der Waals surface area contributed by atoms with Gasteiger partial charge in [-0.05, 0) is 23.8 Å². The summed E-state index contributed by atoms with van der Waals surface area (Å²) in [5, 5.41) is 4.10. The van der Waals surface area contributed by atoms with Gasteiger partial charge < -0.3 is 9.73 Å². The Morgan fingerprint density at radius 2 is 1.78 bits per heavy atom. The summed E-state index contributed by atoms with van der Waals surface area (Å²) in [5.41, 5.74) is 2.64. The van der Waals surface area contributed by atoms with Crippen molar-refractivity contribution in [1.29, 1.82) is 0 Å². The number of benzene rings is 2. The van der Waals surface area contributed by atoms with Crippen molar-refractivity contribution in [3.05, 3.63) is 60.4 Å². The Hall–Kier alpha value is -2.97. The lowest BCUT2D eigenvalue weighted by Crippen LogP contribution is -2.23. The van der Waals surface area contributed by atoms with Gasteiger partial charge in [-0.15, -0.1) is 0 Å². The Morgan fingerprint density at radius 3 is 2.59 bits per heavy atom. The number of sulfonamides is 1. The minimum atomic E-state index is -3.54. The maximum atomic E-state index is 12.5. The molecular formula is C19H18N4O3S. The van der Waals surface area contributed by atoms with Crippen LogP contribution < -0.4 is 5.32 Å². The van der Waals surface area contributed by atoms with Gasteiger partial charge in [-0.2, -0.15) is 0 Å². The molecule has 0 saturated heterocycles. The second-order valence-electron chi connectivity index (χ2n) is 6.25. The molecule has 0 radical (unpaired) electrons. The summed E-state index contributed by atoms with van der Waals surface area (Å²) < 4.78 is 32.2. The smallest absolute Gasteiger partial charge is 0.242 e. The van der Waals surface area contributed by atoms with Crippen LogP contribution in [-0.4, -0.2) is 36.8 Å². The fraction of sp³-hybridized carbons (Fsp3) is 0.158. The van der Waals surface area contributed by atoms with E-state index < -0.39 is 10.0 Å². The topological polar surface area (TPSA) is 88.3 Å². The highest BCUT2D eigenvalue weighted by molar-refractivity contribution is 7.89. The molecule has 0 fully saturated rings. The first-order valence-electron chi connectivity index (χ1n) is 8.35. The molecule has 0 aliphatic rings. The molecule has 0 amide bonds. The third kappa shape index (κ3) is 3.02. The Balaban J connectivity index is 1.71. The molecule has 0 aliphatic heterocycles. The molecule has 2 heterocycles. The van der Waals surface area contributed by atoms with Gasteiger partial charge in [0.1, 0.15) is 17.4 Å². The van der Waals surface area contributed by atoms with Crippen molar-refractivity contribution in [3.63, 3.8) is 0 Å². The van der Waals surface area contributed by atoms with Gasteiger partial charge in [0.2, 0.25) is 10.0 Å². The summed E-state index contributed by atoms with van der Waals surface area (Å²) >= 11 is 0. The zero-order valence-corrected chi connectivity index (χ0v) is 15.7. The van der Waals surface area contributed by atoms with Gasteiger partial charge in [0.05, 0.1) is 4.90 Å². The Labute approximate surface area is 156 Å². The van der Waals surface area contributed by atoms with Crippen molar-refractivity contribution in [3.8, 4) is 0 Å². The predicted octanol–water partition coefficient (Wildman–Crippen LogP) is 3.24. The van der Waals surface area contributed by atoms with Crippen LogP contribution in [-0.2, 0) is 16.6 Å². The molecule has 27 heavy (non-hydrogen) atoms. The monoisotopic (exact) mass is 382 g/mol. The van der Waals surface area contributed by atoms with Crippen LogP contribution >= 0.6 is 0 Å². The summed E-state index contributed by atoms with van der Waals surface area (Å²) in [6.07, 6.45) is 1.47. The second kappa shape index (κ2) is 6.64. The van der Waals surface area contributed by atoms with E-state index in [1.807, 2.05) is 30.3 Å². The molecule has 0 saturated carbocycles. The van der Waals surface area contributed by atoms with E-state index >= 15 is 0 Å². The minimum absolute atomic E-state index is 0.261. The van der Waals surface area contributed by atoms with Crippen molar-refractivity contribution in [2.45, 2.75) is 11.4 Å². The average Bonchev–Trinajstić information content (AvgIpc) is 3.06. The number of rotatable bonds is 5. The lowest BCUT2D eigenvalue weighted by atomic mass is 10.2. The molecule has 1 N–H and O–H groups in total. The van der Waals surface area contributed by atoms with Crippen LogP contribution in [0, 0.1) is 0 Å². The van der Waals surface area contributed by atoms with Gasteiger partial charge in [0.15, 0.2) is 11.4 Å². The van der Waals surface area contributed by atoms with Gasteiger partial charge in [-0.25, -0.2) is 22.7 Å². The normalized spacial score (nSPS) is 12.1. The first kappa shape index (κ1) is 17.4. The van der Waals surface area contributed by atoms with Crippen molar-refractivity contribution < 1.29 is 12.8 Å². The Morgan fingerprint density at radius 1 is 1.04 bits per heavy atom. The van der Waals surface area contributed by atoms with Crippen LogP contribution in [0.2, 0.25) is 0 Å². The second-order valence-corrected chi connectivity index (χ2v) is 8.37. The number of nitrogens with one attached hydrogen (secondary N) is 1. The van der Waals surface area contributed by atoms with Crippen LogP contribution in [0.15, 0.2) is 64.2 Å². The molecule has 0 spiro atoms. The number of fused-ring (bicyclic) bond motifs is 3. The minimum Gasteiger partial charge on any atom is -0.450 e. The third-order valence-corrected chi connectivity index (χ3v) is 6.25. The zero-order valence-electron chi connectivity index (χ0n) is 14.9. The largest absolute Gasteiger partial charge is 0.450 e. The third-order valence-electron chi connectivity index (χ3n) is 4.34. The predicted molar refractivity (Wildman–Crippen MR) is 104 cm³/mol. The number of anilines is 1. The van der Waals surface area contributed by atoms with E-state index in [0.29, 0.717) is 17.0 Å². The van der Waals surface area contributed by atoms with Gasteiger partial charge in [0, 0.05) is 26.0 Å². The van der Waals surface area contributed by atoms with Crippen LogP contribution in [0.4, 0.5) is 5.82 Å². The van der Waals surface area contributed by atoms with Crippen molar-refractivity contribution in [2.24, 2.45) is 0 Å². The summed E-state index contributed by atoms with van der Waals surface area (Å²) in [6.45, 7) is 0.284. The summed E-state index contributed by atoms with van der Waals surface area (Å²) in [5.74, 6) is 0.522. The van der Waals surface area contributed by atoms with E-state index in [9.17, 15) is 8.42 Å². The fourth-order valence-corrected chi connectivity index (χ4v) is 4.04. The molecule has 7 nitrogen and oxygen atoms in total. The van der Waals surface area contributed by atoms with Gasteiger partial charge in [-0.3, -0.25) is 0 Å². The molecule has 8 heteroatoms. The number of para-hydroxylation sites is 1. The molecule has 4 rings (SSSR count). The van der Waals surface area contributed by atoms with Crippen LogP contribution in [0.1, 0.15) is 5.56 Å². The van der Waals surface area contributed by atoms with E-state index in [-0.39, 0.29) is 11.4 Å². The summed E-state index contributed by atoms with van der Waals surface area (Å²) in [7, 11) is -0.506. The van der Waals surface area contributed by atoms with Crippen LogP contribution in [0.5, 0.6) is 0 Å². The number of aromatic nitrogens is 2. The molecule has 0 unspecified atom stereocenters. The van der Waals surface area contributed by atoms with E-state index in [0.717, 1.165) is 16.5 Å². The van der Waals surface area contributed by atoms with Crippen LogP contribution in [0.3, 0.4) is 0 Å². The number of hydrogen-bond acceptors (Lipinski definition) is 6. The fourth-order valence-electron chi connectivity index (χ4n) is 2.93. The van der Waals surface area contributed by atoms with E-state index in [1.165, 1.54) is 24.7 Å². The standard InChI is InChI=1S/C19H18N4O3S/c1-23(2)27(24,25)16-10-6-3-7-13(16)11-20-19-18-17(21-12-22-19)14-8-4-5-9-15(14)26-18/h3-10,12H,11H2,1-2H3,(H,20,21,22). The summed E-state index contributed by atoms with van der Waals surface area (Å²) in [4.78, 5) is 8.85. The first-order valence-corrected chi connectivity index (χ1v) is 9.79. The van der Waals surface area contributed by atoms with Gasteiger partial charge in [0.25, 0.3) is 0 Å². The number of nitrogens with zero attached hydrogens (tertiary/aromatic N) is 3. The van der Waals surface area contributed by atoms with E-state index in [2.05, 4.69) is 15.3 Å². The molecule has 0 aliphatic carbocycles. The molecule has 2 aromatic heterocycles. The lowest BCUT2D eigenvalue weighted by molar-refractivity contribution is 0.520. The van der Waals surface area contributed by atoms with E-state index in [4.69, 9.17) is 4.42 Å². The first-order chi connectivity index (χ1) is 13.0. The maximum Gasteiger partial charge on any atom is 0.242 e. The van der Waals surface area contributed by atoms with Crippen molar-refractivity contribution in [1.82, 2.24) is 14.3 Å². The van der Waals surface area contributed by atoms with Crippen molar-refractivity contribution >= 4 is 37.9 Å². The Kier molecular flexibility index (Phi) is 4.29. The maximum absolute atomic E-state index is 12.5. The quantitative estimate of drug-likeness (QED) is 0.570. The number of hydrogen-bond donors (Lipinski definition) is 1. The highest BCUT2D eigenvalue weighted by Gasteiger charge is 2.21. The molecular weight excluding hydrogens is 364 g/mol. The highest BCUT2D eigenvalue weighted by atomic mass is 32.2. The molecule has 0 atom stereocenters. The van der Waals surface area contributed by atoms with Gasteiger partial charge in [-0.1, -0.05) is 30.3 Å². The van der Waals surface area contributed by atoms with E-state index in [1.54, 1.807) is 18.2 Å². The molecule has 4 aromatic rings. The van der Waals surface area contributed by atoms with Gasteiger partial charge >= 0.3 is 0 Å². The SMILES string of the molecule is CN(C)S(=O)(=O)c1ccccc1CNc1ncnc2c1oc1ccccc12. The molecule has 0 bridgehead atoms. The Bertz CT molecular complexity index is 1230. The zero-order chi connectivity index (χ0) is 19.0.